The van der Waals surface area contributed by atoms with E-state index in [1.54, 1.807) is 24.3 Å². The Bertz CT molecular complexity index is 651. The van der Waals surface area contributed by atoms with Crippen molar-refractivity contribution in [2.75, 3.05) is 26.2 Å². The Morgan fingerprint density at radius 1 is 1.07 bits per heavy atom. The molecule has 3 atom stereocenters. The molecule has 2 heterocycles. The lowest BCUT2D eigenvalue weighted by Crippen LogP contribution is -2.50. The van der Waals surface area contributed by atoms with Gasteiger partial charge in [-0.25, -0.2) is 0 Å². The maximum absolute atomic E-state index is 13.0. The average Bonchev–Trinajstić information content (AvgIpc) is 2.67. The molecule has 1 aromatic rings. The minimum absolute atomic E-state index is 0. The molecule has 0 saturated carbocycles. The molecule has 5 nitrogen and oxygen atoms in total. The monoisotopic (exact) mass is 413 g/mol. The third-order valence-corrected chi connectivity index (χ3v) is 5.91. The van der Waals surface area contributed by atoms with Gasteiger partial charge in [0.05, 0.1) is 5.92 Å². The second-order valence-corrected chi connectivity index (χ2v) is 8.08. The highest BCUT2D eigenvalue weighted by Crippen LogP contribution is 2.25. The largest absolute Gasteiger partial charge is 0.342 e. The minimum atomic E-state index is -0.105. The fourth-order valence-corrected chi connectivity index (χ4v) is 4.16. The highest BCUT2D eigenvalue weighted by molar-refractivity contribution is 6.30. The molecule has 27 heavy (non-hydrogen) atoms. The van der Waals surface area contributed by atoms with E-state index in [1.165, 1.54) is 0 Å². The summed E-state index contributed by atoms with van der Waals surface area (Å²) < 4.78 is 0. The van der Waals surface area contributed by atoms with E-state index in [9.17, 15) is 9.59 Å². The summed E-state index contributed by atoms with van der Waals surface area (Å²) in [6, 6.07) is 7.05. The molecule has 1 aromatic carbocycles. The Morgan fingerprint density at radius 2 is 1.70 bits per heavy atom. The van der Waals surface area contributed by atoms with Gasteiger partial charge in [-0.15, -0.1) is 12.4 Å². The van der Waals surface area contributed by atoms with Crippen molar-refractivity contribution in [3.8, 4) is 0 Å². The first-order chi connectivity index (χ1) is 12.5. The third-order valence-electron chi connectivity index (χ3n) is 5.66. The lowest BCUT2D eigenvalue weighted by atomic mass is 9.90. The van der Waals surface area contributed by atoms with Crippen LogP contribution in [0.5, 0.6) is 0 Å². The molecule has 0 spiro atoms. The normalized spacial score (nSPS) is 24.1. The fraction of sp³-hybridized carbons (Fsp3) is 0.600. The van der Waals surface area contributed by atoms with Crippen LogP contribution in [0.2, 0.25) is 5.02 Å². The van der Waals surface area contributed by atoms with Gasteiger partial charge >= 0.3 is 0 Å². The van der Waals surface area contributed by atoms with Crippen LogP contribution in [-0.2, 0) is 4.79 Å². The van der Waals surface area contributed by atoms with Crippen molar-refractivity contribution < 1.29 is 9.59 Å². The molecule has 0 bridgehead atoms. The van der Waals surface area contributed by atoms with E-state index in [0.29, 0.717) is 29.6 Å². The smallest absolute Gasteiger partial charge is 0.253 e. The zero-order chi connectivity index (χ0) is 18.7. The molecule has 3 unspecified atom stereocenters. The second kappa shape index (κ2) is 9.76. The summed E-state index contributed by atoms with van der Waals surface area (Å²) in [6.45, 7) is 4.78. The van der Waals surface area contributed by atoms with Crippen LogP contribution in [0.25, 0.3) is 0 Å². The summed E-state index contributed by atoms with van der Waals surface area (Å²) in [6.07, 6.45) is 3.81. The number of hydrogen-bond acceptors (Lipinski definition) is 3. The summed E-state index contributed by atoms with van der Waals surface area (Å²) in [5.41, 5.74) is 6.67. The Labute approximate surface area is 172 Å². The summed E-state index contributed by atoms with van der Waals surface area (Å²) in [5, 5.41) is 0.613. The molecule has 0 aromatic heterocycles. The second-order valence-electron chi connectivity index (χ2n) is 7.64. The number of nitrogens with two attached hydrogens (primary N) is 1. The van der Waals surface area contributed by atoms with Crippen LogP contribution < -0.4 is 5.73 Å². The zero-order valence-electron chi connectivity index (χ0n) is 15.8. The molecule has 2 aliphatic rings. The van der Waals surface area contributed by atoms with E-state index < -0.39 is 0 Å². The van der Waals surface area contributed by atoms with Gasteiger partial charge in [0.25, 0.3) is 5.91 Å². The van der Waals surface area contributed by atoms with Crippen LogP contribution in [0.15, 0.2) is 24.3 Å². The lowest BCUT2D eigenvalue weighted by Gasteiger charge is -2.39. The van der Waals surface area contributed by atoms with Crippen LogP contribution in [0, 0.1) is 11.8 Å². The molecule has 2 saturated heterocycles. The maximum atomic E-state index is 13.0. The number of carbonyl (C=O) groups is 2. The molecule has 2 aliphatic heterocycles. The van der Waals surface area contributed by atoms with Gasteiger partial charge in [-0.1, -0.05) is 11.6 Å². The number of halogens is 2. The molecule has 3 rings (SSSR count). The van der Waals surface area contributed by atoms with Crippen molar-refractivity contribution in [2.24, 2.45) is 17.6 Å². The summed E-state index contributed by atoms with van der Waals surface area (Å²) in [5.74, 6) is 0.435. The summed E-state index contributed by atoms with van der Waals surface area (Å²) >= 11 is 5.90. The first-order valence-electron chi connectivity index (χ1n) is 9.55. The number of hydrogen-bond donors (Lipinski definition) is 1. The number of piperidine rings is 2. The molecule has 2 fully saturated rings. The van der Waals surface area contributed by atoms with E-state index in [2.05, 4.69) is 0 Å². The quantitative estimate of drug-likeness (QED) is 0.826. The van der Waals surface area contributed by atoms with Crippen LogP contribution >= 0.6 is 24.0 Å². The first-order valence-corrected chi connectivity index (χ1v) is 9.92. The van der Waals surface area contributed by atoms with Crippen LogP contribution in [0.4, 0.5) is 0 Å². The number of benzene rings is 1. The van der Waals surface area contributed by atoms with Crippen molar-refractivity contribution >= 4 is 35.8 Å². The Kier molecular flexibility index (Phi) is 7.95. The van der Waals surface area contributed by atoms with Crippen molar-refractivity contribution in [1.82, 2.24) is 9.80 Å². The molecular weight excluding hydrogens is 385 g/mol. The number of carbonyl (C=O) groups excluding carboxylic acids is 2. The number of amides is 2. The van der Waals surface area contributed by atoms with E-state index in [0.717, 1.165) is 38.8 Å². The van der Waals surface area contributed by atoms with Gasteiger partial charge in [0.2, 0.25) is 5.91 Å². The molecular formula is C20H29Cl2N3O2. The topological polar surface area (TPSA) is 66.6 Å². The molecule has 7 heteroatoms. The average molecular weight is 414 g/mol. The number of nitrogens with zero attached hydrogens (tertiary/aromatic N) is 2. The third kappa shape index (κ3) is 5.37. The van der Waals surface area contributed by atoms with E-state index >= 15 is 0 Å². The van der Waals surface area contributed by atoms with Crippen molar-refractivity contribution in [3.63, 3.8) is 0 Å². The Morgan fingerprint density at radius 3 is 2.37 bits per heavy atom. The molecule has 0 aliphatic carbocycles. The van der Waals surface area contributed by atoms with Gasteiger partial charge in [0, 0.05) is 42.8 Å². The molecule has 0 radical (unpaired) electrons. The standard InChI is InChI=1S/C20H28ClN3O2.ClH/c1-14(22)16-4-2-10-23(12-16)20(26)17-5-3-11-24(13-17)19(25)15-6-8-18(21)9-7-15;/h6-9,14,16-17H,2-5,10-13,22H2,1H3;1H. The maximum Gasteiger partial charge on any atom is 0.253 e. The molecule has 150 valence electrons. The zero-order valence-corrected chi connectivity index (χ0v) is 17.3. The summed E-state index contributed by atoms with van der Waals surface area (Å²) in [4.78, 5) is 29.5. The fourth-order valence-electron chi connectivity index (χ4n) is 4.04. The van der Waals surface area contributed by atoms with Crippen LogP contribution in [-0.4, -0.2) is 53.8 Å². The van der Waals surface area contributed by atoms with Crippen molar-refractivity contribution in [3.05, 3.63) is 34.9 Å². The van der Waals surface area contributed by atoms with E-state index in [4.69, 9.17) is 17.3 Å². The minimum Gasteiger partial charge on any atom is -0.342 e. The SMILES string of the molecule is CC(N)C1CCCN(C(=O)C2CCCN(C(=O)c3ccc(Cl)cc3)C2)C1.Cl. The van der Waals surface area contributed by atoms with Gasteiger partial charge < -0.3 is 15.5 Å². The first kappa shape index (κ1) is 22.0. The van der Waals surface area contributed by atoms with Gasteiger partial charge in [0.1, 0.15) is 0 Å². The van der Waals surface area contributed by atoms with Gasteiger partial charge in [-0.2, -0.15) is 0 Å². The van der Waals surface area contributed by atoms with Crippen LogP contribution in [0.3, 0.4) is 0 Å². The van der Waals surface area contributed by atoms with Crippen LogP contribution in [0.1, 0.15) is 43.0 Å². The Hall–Kier alpha value is -1.30. The lowest BCUT2D eigenvalue weighted by molar-refractivity contribution is -0.138. The molecule has 2 amide bonds. The van der Waals surface area contributed by atoms with E-state index in [-0.39, 0.29) is 36.2 Å². The van der Waals surface area contributed by atoms with Gasteiger partial charge in [-0.05, 0) is 62.8 Å². The van der Waals surface area contributed by atoms with Gasteiger partial charge in [-0.3, -0.25) is 9.59 Å². The predicted octanol–water partition coefficient (Wildman–Crippen LogP) is 3.20. The highest BCUT2D eigenvalue weighted by Gasteiger charge is 2.34. The van der Waals surface area contributed by atoms with Crippen molar-refractivity contribution in [2.45, 2.75) is 38.6 Å². The number of likely N-dealkylation sites (tertiary alicyclic amines) is 2. The van der Waals surface area contributed by atoms with E-state index in [1.807, 2.05) is 16.7 Å². The van der Waals surface area contributed by atoms with Crippen molar-refractivity contribution in [1.29, 1.82) is 0 Å². The highest BCUT2D eigenvalue weighted by atomic mass is 35.5. The number of rotatable bonds is 3. The van der Waals surface area contributed by atoms with Gasteiger partial charge in [0.15, 0.2) is 0 Å². The summed E-state index contributed by atoms with van der Waals surface area (Å²) in [7, 11) is 0. The predicted molar refractivity (Wildman–Crippen MR) is 110 cm³/mol. The Balaban J connectivity index is 0.00000261. The molecule has 2 N–H and O–H groups in total.